The van der Waals surface area contributed by atoms with Crippen LogP contribution < -0.4 is 10.9 Å². The van der Waals surface area contributed by atoms with Gasteiger partial charge in [-0.15, -0.1) is 5.10 Å². The molecule has 0 radical (unpaired) electrons. The van der Waals surface area contributed by atoms with Crippen LogP contribution in [0.4, 0.5) is 5.82 Å². The molecular weight excluding hydrogens is 306 g/mol. The number of hydrogen-bond donors (Lipinski definition) is 2. The summed E-state index contributed by atoms with van der Waals surface area (Å²) in [6.07, 6.45) is 0. The number of anilines is 1. The molecule has 0 unspecified atom stereocenters. The van der Waals surface area contributed by atoms with Gasteiger partial charge in [0.15, 0.2) is 0 Å². The minimum atomic E-state index is -0.353. The molecule has 2 N–H and O–H groups in total. The molecule has 0 aliphatic carbocycles. The number of carbonyl (C=O) groups is 1. The zero-order valence-electron chi connectivity index (χ0n) is 14.0. The van der Waals surface area contributed by atoms with E-state index in [0.717, 1.165) is 5.56 Å². The Bertz CT molecular complexity index is 961. The van der Waals surface area contributed by atoms with E-state index in [1.54, 1.807) is 19.1 Å². The van der Waals surface area contributed by atoms with Gasteiger partial charge in [-0.2, -0.15) is 9.50 Å². The second-order valence-corrected chi connectivity index (χ2v) is 6.69. The molecule has 0 saturated heterocycles. The number of nitrogens with zero attached hydrogens (tertiary/aromatic N) is 3. The molecule has 0 spiro atoms. The molecule has 2 heterocycles. The second-order valence-electron chi connectivity index (χ2n) is 6.69. The largest absolute Gasteiger partial charge is 0.306 e. The molecule has 3 aromatic rings. The van der Waals surface area contributed by atoms with Gasteiger partial charge in [0.2, 0.25) is 5.78 Å². The summed E-state index contributed by atoms with van der Waals surface area (Å²) in [6, 6.07) is 8.69. The number of rotatable bonds is 2. The first-order valence-corrected chi connectivity index (χ1v) is 7.62. The molecule has 0 bridgehead atoms. The first-order valence-electron chi connectivity index (χ1n) is 7.62. The van der Waals surface area contributed by atoms with E-state index in [2.05, 4.69) is 41.2 Å². The Balaban J connectivity index is 1.91. The number of nitrogens with one attached hydrogen (secondary N) is 2. The summed E-state index contributed by atoms with van der Waals surface area (Å²) in [7, 11) is 0. The first kappa shape index (κ1) is 15.9. The summed E-state index contributed by atoms with van der Waals surface area (Å²) < 4.78 is 1.40. The third-order valence-electron chi connectivity index (χ3n) is 3.70. The molecule has 0 aliphatic rings. The molecule has 7 nitrogen and oxygen atoms in total. The standard InChI is InChI=1S/C17H19N5O2/c1-10-18-16-20-14(23)9-13(22(16)21-10)19-15(24)11-5-7-12(8-6-11)17(2,3)4/h5-9H,1-4H3,(H,19,24)(H,18,20,21,23). The third-order valence-corrected chi connectivity index (χ3v) is 3.70. The summed E-state index contributed by atoms with van der Waals surface area (Å²) in [5.41, 5.74) is 1.32. The van der Waals surface area contributed by atoms with Gasteiger partial charge in [0.1, 0.15) is 11.6 Å². The van der Waals surface area contributed by atoms with Gasteiger partial charge in [0.25, 0.3) is 11.5 Å². The molecule has 1 amide bonds. The Hall–Kier alpha value is -2.96. The van der Waals surface area contributed by atoms with Gasteiger partial charge in [-0.1, -0.05) is 32.9 Å². The van der Waals surface area contributed by atoms with Crippen molar-refractivity contribution in [1.82, 2.24) is 19.6 Å². The molecule has 124 valence electrons. The summed E-state index contributed by atoms with van der Waals surface area (Å²) >= 11 is 0. The van der Waals surface area contributed by atoms with Crippen LogP contribution in [0.25, 0.3) is 5.78 Å². The predicted molar refractivity (Wildman–Crippen MR) is 91.4 cm³/mol. The highest BCUT2D eigenvalue weighted by molar-refractivity contribution is 6.03. The number of amides is 1. The fourth-order valence-electron chi connectivity index (χ4n) is 2.39. The van der Waals surface area contributed by atoms with Crippen molar-refractivity contribution in [2.24, 2.45) is 0 Å². The minimum Gasteiger partial charge on any atom is -0.306 e. The van der Waals surface area contributed by atoms with Crippen molar-refractivity contribution in [3.05, 3.63) is 57.6 Å². The molecule has 0 saturated carbocycles. The Labute approximate surface area is 138 Å². The van der Waals surface area contributed by atoms with E-state index in [1.807, 2.05) is 12.1 Å². The van der Waals surface area contributed by atoms with Crippen molar-refractivity contribution in [2.75, 3.05) is 5.32 Å². The van der Waals surface area contributed by atoms with Gasteiger partial charge < -0.3 is 5.32 Å². The molecule has 0 fully saturated rings. The van der Waals surface area contributed by atoms with E-state index in [0.29, 0.717) is 17.2 Å². The average molecular weight is 325 g/mol. The van der Waals surface area contributed by atoms with Gasteiger partial charge in [0.05, 0.1) is 0 Å². The first-order chi connectivity index (χ1) is 11.2. The molecule has 24 heavy (non-hydrogen) atoms. The number of fused-ring (bicyclic) bond motifs is 1. The van der Waals surface area contributed by atoms with E-state index in [-0.39, 0.29) is 22.7 Å². The minimum absolute atomic E-state index is 0.0200. The lowest BCUT2D eigenvalue weighted by molar-refractivity contribution is 0.102. The monoisotopic (exact) mass is 325 g/mol. The Morgan fingerprint density at radius 1 is 1.21 bits per heavy atom. The molecule has 7 heteroatoms. The predicted octanol–water partition coefficient (Wildman–Crippen LogP) is 2.28. The van der Waals surface area contributed by atoms with Crippen LogP contribution in [0.2, 0.25) is 0 Å². The third kappa shape index (κ3) is 3.05. The normalized spacial score (nSPS) is 11.7. The Kier molecular flexibility index (Phi) is 3.71. The fourth-order valence-corrected chi connectivity index (χ4v) is 2.39. The number of aryl methyl sites for hydroxylation is 1. The van der Waals surface area contributed by atoms with Crippen molar-refractivity contribution in [3.8, 4) is 0 Å². The van der Waals surface area contributed by atoms with Gasteiger partial charge >= 0.3 is 0 Å². The fraction of sp³-hybridized carbons (Fsp3) is 0.294. The quantitative estimate of drug-likeness (QED) is 0.756. The number of aromatic nitrogens is 4. The average Bonchev–Trinajstić information content (AvgIpc) is 2.86. The number of H-pyrrole nitrogens is 1. The zero-order chi connectivity index (χ0) is 17.5. The second kappa shape index (κ2) is 5.59. The van der Waals surface area contributed by atoms with Crippen LogP contribution in [0.15, 0.2) is 35.1 Å². The topological polar surface area (TPSA) is 92.1 Å². The lowest BCUT2D eigenvalue weighted by Gasteiger charge is -2.19. The molecule has 0 atom stereocenters. The lowest BCUT2D eigenvalue weighted by atomic mass is 9.87. The van der Waals surface area contributed by atoms with Gasteiger partial charge in [0, 0.05) is 11.6 Å². The van der Waals surface area contributed by atoms with Gasteiger partial charge in [-0.3, -0.25) is 14.6 Å². The molecule has 3 rings (SSSR count). The zero-order valence-corrected chi connectivity index (χ0v) is 14.0. The van der Waals surface area contributed by atoms with Crippen molar-refractivity contribution in [3.63, 3.8) is 0 Å². The van der Waals surface area contributed by atoms with Crippen LogP contribution in [-0.4, -0.2) is 25.5 Å². The maximum atomic E-state index is 12.5. The van der Waals surface area contributed by atoms with Crippen LogP contribution >= 0.6 is 0 Å². The highest BCUT2D eigenvalue weighted by atomic mass is 16.2. The van der Waals surface area contributed by atoms with Gasteiger partial charge in [-0.05, 0) is 30.0 Å². The van der Waals surface area contributed by atoms with E-state index in [1.165, 1.54) is 10.6 Å². The van der Waals surface area contributed by atoms with Crippen molar-refractivity contribution < 1.29 is 4.79 Å². The van der Waals surface area contributed by atoms with Crippen LogP contribution in [0.5, 0.6) is 0 Å². The summed E-state index contributed by atoms with van der Waals surface area (Å²) in [5, 5.41) is 6.88. The van der Waals surface area contributed by atoms with E-state index in [4.69, 9.17) is 0 Å². The van der Waals surface area contributed by atoms with Crippen molar-refractivity contribution >= 4 is 17.5 Å². The lowest BCUT2D eigenvalue weighted by Crippen LogP contribution is -2.19. The highest BCUT2D eigenvalue weighted by Crippen LogP contribution is 2.22. The van der Waals surface area contributed by atoms with Crippen molar-refractivity contribution in [1.29, 1.82) is 0 Å². The Morgan fingerprint density at radius 2 is 1.88 bits per heavy atom. The highest BCUT2D eigenvalue weighted by Gasteiger charge is 2.15. The van der Waals surface area contributed by atoms with Gasteiger partial charge in [-0.25, -0.2) is 0 Å². The molecule has 0 aliphatic heterocycles. The summed E-state index contributed by atoms with van der Waals surface area (Å²) in [4.78, 5) is 30.8. The smallest absolute Gasteiger partial charge is 0.256 e. The SMILES string of the molecule is Cc1nc2[nH]c(=O)cc(NC(=O)c3ccc(C(C)(C)C)cc3)n2n1. The number of benzene rings is 1. The van der Waals surface area contributed by atoms with E-state index >= 15 is 0 Å². The van der Waals surface area contributed by atoms with Crippen LogP contribution in [0.1, 0.15) is 42.5 Å². The van der Waals surface area contributed by atoms with Crippen LogP contribution in [-0.2, 0) is 5.41 Å². The molecular formula is C17H19N5O2. The van der Waals surface area contributed by atoms with Crippen LogP contribution in [0.3, 0.4) is 0 Å². The maximum absolute atomic E-state index is 12.5. The number of hydrogen-bond acceptors (Lipinski definition) is 4. The van der Waals surface area contributed by atoms with E-state index in [9.17, 15) is 9.59 Å². The Morgan fingerprint density at radius 3 is 2.50 bits per heavy atom. The number of carbonyl (C=O) groups excluding carboxylic acids is 1. The van der Waals surface area contributed by atoms with Crippen molar-refractivity contribution in [2.45, 2.75) is 33.1 Å². The van der Waals surface area contributed by atoms with Crippen LogP contribution in [0, 0.1) is 6.92 Å². The number of aromatic amines is 1. The van der Waals surface area contributed by atoms with E-state index < -0.39 is 0 Å². The molecule has 1 aromatic carbocycles. The molecule has 2 aromatic heterocycles. The maximum Gasteiger partial charge on any atom is 0.256 e. The summed E-state index contributed by atoms with van der Waals surface area (Å²) in [6.45, 7) is 8.05. The summed E-state index contributed by atoms with van der Waals surface area (Å²) in [5.74, 6) is 0.759.